The van der Waals surface area contributed by atoms with Crippen LogP contribution in [0.1, 0.15) is 23.2 Å². The lowest BCUT2D eigenvalue weighted by Gasteiger charge is -2.22. The molecule has 0 aliphatic carbocycles. The molecule has 0 radical (unpaired) electrons. The number of likely N-dealkylation sites (N-methyl/N-ethyl adjacent to an activating group) is 1. The molecule has 2 rings (SSSR count). The van der Waals surface area contributed by atoms with Gasteiger partial charge in [-0.3, -0.25) is 4.79 Å². The predicted molar refractivity (Wildman–Crippen MR) is 72.1 cm³/mol. The largest absolute Gasteiger partial charge is 0.340 e. The van der Waals surface area contributed by atoms with E-state index >= 15 is 0 Å². The number of nitrogens with zero attached hydrogens (tertiary/aromatic N) is 1. The van der Waals surface area contributed by atoms with Crippen molar-refractivity contribution >= 4 is 21.8 Å². The monoisotopic (exact) mass is 314 g/mol. The van der Waals surface area contributed by atoms with Crippen molar-refractivity contribution in [3.05, 3.63) is 34.1 Å². The highest BCUT2D eigenvalue weighted by molar-refractivity contribution is 9.10. The molecule has 1 saturated heterocycles. The average Bonchev–Trinajstić information content (AvgIpc) is 2.84. The highest BCUT2D eigenvalue weighted by Crippen LogP contribution is 2.19. The van der Waals surface area contributed by atoms with E-state index in [0.717, 1.165) is 19.4 Å². The maximum absolute atomic E-state index is 13.2. The van der Waals surface area contributed by atoms with E-state index in [1.54, 1.807) is 18.0 Å². The maximum Gasteiger partial charge on any atom is 0.254 e. The van der Waals surface area contributed by atoms with E-state index in [2.05, 4.69) is 21.2 Å². The summed E-state index contributed by atoms with van der Waals surface area (Å²) in [4.78, 5) is 13.8. The molecule has 1 heterocycles. The molecule has 0 saturated carbocycles. The lowest BCUT2D eigenvalue weighted by Crippen LogP contribution is -2.38. The first-order chi connectivity index (χ1) is 8.58. The Morgan fingerprint density at radius 3 is 3.06 bits per heavy atom. The molecule has 0 spiro atoms. The van der Waals surface area contributed by atoms with Crippen LogP contribution in [0.4, 0.5) is 4.39 Å². The second-order valence-corrected chi connectivity index (χ2v) is 5.46. The third-order valence-corrected chi connectivity index (χ3v) is 3.85. The first-order valence-corrected chi connectivity index (χ1v) is 6.81. The first kappa shape index (κ1) is 13.5. The molecule has 18 heavy (non-hydrogen) atoms. The highest BCUT2D eigenvalue weighted by atomic mass is 79.9. The van der Waals surface area contributed by atoms with Crippen LogP contribution in [0.15, 0.2) is 22.7 Å². The van der Waals surface area contributed by atoms with Crippen molar-refractivity contribution in [3.8, 4) is 0 Å². The van der Waals surface area contributed by atoms with E-state index in [1.165, 1.54) is 12.1 Å². The van der Waals surface area contributed by atoms with Crippen LogP contribution in [-0.4, -0.2) is 37.0 Å². The van der Waals surface area contributed by atoms with Gasteiger partial charge in [0, 0.05) is 24.1 Å². The number of carbonyl (C=O) groups excluding carboxylic acids is 1. The summed E-state index contributed by atoms with van der Waals surface area (Å²) >= 11 is 3.28. The molecule has 0 bridgehead atoms. The van der Waals surface area contributed by atoms with Crippen molar-refractivity contribution in [2.45, 2.75) is 18.9 Å². The Labute approximate surface area is 114 Å². The summed E-state index contributed by atoms with van der Waals surface area (Å²) in [7, 11) is 1.75. The van der Waals surface area contributed by atoms with Crippen LogP contribution < -0.4 is 5.32 Å². The summed E-state index contributed by atoms with van der Waals surface area (Å²) in [6, 6.07) is 4.51. The second-order valence-electron chi connectivity index (χ2n) is 4.60. The van der Waals surface area contributed by atoms with Crippen molar-refractivity contribution < 1.29 is 9.18 Å². The van der Waals surface area contributed by atoms with E-state index in [0.29, 0.717) is 22.6 Å². The van der Waals surface area contributed by atoms with E-state index < -0.39 is 5.82 Å². The molecule has 1 aromatic rings. The van der Waals surface area contributed by atoms with Crippen LogP contribution in [0.5, 0.6) is 0 Å². The zero-order valence-electron chi connectivity index (χ0n) is 10.2. The number of hydrogen-bond acceptors (Lipinski definition) is 2. The number of nitrogens with one attached hydrogen (secondary N) is 1. The van der Waals surface area contributed by atoms with Crippen molar-refractivity contribution in [2.75, 3.05) is 20.1 Å². The van der Waals surface area contributed by atoms with Gasteiger partial charge in [-0.05, 0) is 53.5 Å². The lowest BCUT2D eigenvalue weighted by molar-refractivity contribution is 0.0782. The van der Waals surface area contributed by atoms with Crippen molar-refractivity contribution in [3.63, 3.8) is 0 Å². The van der Waals surface area contributed by atoms with Crippen LogP contribution in [-0.2, 0) is 0 Å². The van der Waals surface area contributed by atoms with Gasteiger partial charge < -0.3 is 10.2 Å². The van der Waals surface area contributed by atoms with Gasteiger partial charge in [-0.2, -0.15) is 0 Å². The molecule has 1 aliphatic heterocycles. The van der Waals surface area contributed by atoms with Crippen molar-refractivity contribution in [2.24, 2.45) is 0 Å². The molecule has 1 unspecified atom stereocenters. The van der Waals surface area contributed by atoms with Crippen LogP contribution in [0.25, 0.3) is 0 Å². The molecule has 3 nitrogen and oxygen atoms in total. The molecule has 1 aliphatic rings. The Hall–Kier alpha value is -0.940. The predicted octanol–water partition coefficient (Wildman–Crippen LogP) is 2.41. The molecule has 5 heteroatoms. The molecule has 98 valence electrons. The minimum absolute atomic E-state index is 0.157. The standard InChI is InChI=1S/C13H16BrFN2O/c1-17(8-10-3-2-6-16-10)13(18)11-7-9(15)4-5-12(11)14/h4-5,7,10,16H,2-3,6,8H2,1H3. The number of halogens is 2. The normalized spacial score (nSPS) is 18.9. The Morgan fingerprint density at radius 2 is 2.39 bits per heavy atom. The van der Waals surface area contributed by atoms with Gasteiger partial charge in [0.1, 0.15) is 5.82 Å². The summed E-state index contributed by atoms with van der Waals surface area (Å²) in [6.07, 6.45) is 2.23. The maximum atomic E-state index is 13.2. The van der Waals surface area contributed by atoms with Crippen LogP contribution in [0, 0.1) is 5.82 Å². The van der Waals surface area contributed by atoms with E-state index in [1.807, 2.05) is 0 Å². The summed E-state index contributed by atoms with van der Waals surface area (Å²) in [5, 5.41) is 3.34. The van der Waals surface area contributed by atoms with Gasteiger partial charge >= 0.3 is 0 Å². The summed E-state index contributed by atoms with van der Waals surface area (Å²) in [5.74, 6) is -0.552. The number of benzene rings is 1. The fourth-order valence-corrected chi connectivity index (χ4v) is 2.61. The molecule has 1 amide bonds. The van der Waals surface area contributed by atoms with E-state index in [9.17, 15) is 9.18 Å². The molecule has 1 N–H and O–H groups in total. The summed E-state index contributed by atoms with van der Waals surface area (Å²) in [5.41, 5.74) is 0.371. The minimum Gasteiger partial charge on any atom is -0.340 e. The van der Waals surface area contributed by atoms with Gasteiger partial charge in [-0.25, -0.2) is 4.39 Å². The molecule has 0 aromatic heterocycles. The third kappa shape index (κ3) is 3.09. The van der Waals surface area contributed by atoms with Crippen LogP contribution in [0.2, 0.25) is 0 Å². The number of hydrogen-bond donors (Lipinski definition) is 1. The topological polar surface area (TPSA) is 32.3 Å². The minimum atomic E-state index is -0.394. The number of carbonyl (C=O) groups is 1. The zero-order valence-corrected chi connectivity index (χ0v) is 11.8. The Kier molecular flexibility index (Phi) is 4.35. The number of rotatable bonds is 3. The smallest absolute Gasteiger partial charge is 0.254 e. The fraction of sp³-hybridized carbons (Fsp3) is 0.462. The Bertz CT molecular complexity index is 447. The van der Waals surface area contributed by atoms with Gasteiger partial charge in [0.2, 0.25) is 0 Å². The van der Waals surface area contributed by atoms with Gasteiger partial charge in [0.05, 0.1) is 5.56 Å². The fourth-order valence-electron chi connectivity index (χ4n) is 2.19. The molecule has 1 fully saturated rings. The summed E-state index contributed by atoms with van der Waals surface area (Å²) < 4.78 is 13.8. The van der Waals surface area contributed by atoms with Crippen LogP contribution in [0.3, 0.4) is 0 Å². The molecule has 1 aromatic carbocycles. The van der Waals surface area contributed by atoms with E-state index in [4.69, 9.17) is 0 Å². The lowest BCUT2D eigenvalue weighted by atomic mass is 10.1. The van der Waals surface area contributed by atoms with Crippen molar-refractivity contribution in [1.29, 1.82) is 0 Å². The number of amides is 1. The van der Waals surface area contributed by atoms with Gasteiger partial charge in [-0.1, -0.05) is 0 Å². The Morgan fingerprint density at radius 1 is 1.61 bits per heavy atom. The summed E-state index contributed by atoms with van der Waals surface area (Å²) in [6.45, 7) is 1.66. The average molecular weight is 315 g/mol. The second kappa shape index (κ2) is 5.80. The molecule has 1 atom stereocenters. The van der Waals surface area contributed by atoms with Crippen LogP contribution >= 0.6 is 15.9 Å². The highest BCUT2D eigenvalue weighted by Gasteiger charge is 2.21. The molecular formula is C13H16BrFN2O. The Balaban J connectivity index is 2.07. The van der Waals surface area contributed by atoms with Crippen molar-refractivity contribution in [1.82, 2.24) is 10.2 Å². The van der Waals surface area contributed by atoms with Gasteiger partial charge in [0.25, 0.3) is 5.91 Å². The quantitative estimate of drug-likeness (QED) is 0.929. The zero-order chi connectivity index (χ0) is 13.1. The third-order valence-electron chi connectivity index (χ3n) is 3.16. The first-order valence-electron chi connectivity index (χ1n) is 6.02. The van der Waals surface area contributed by atoms with Gasteiger partial charge in [-0.15, -0.1) is 0 Å². The molecular weight excluding hydrogens is 299 g/mol. The SMILES string of the molecule is CN(CC1CCCN1)C(=O)c1cc(F)ccc1Br. The van der Waals surface area contributed by atoms with E-state index in [-0.39, 0.29) is 5.91 Å². The van der Waals surface area contributed by atoms with Gasteiger partial charge in [0.15, 0.2) is 0 Å².